The van der Waals surface area contributed by atoms with E-state index in [2.05, 4.69) is 43.4 Å². The Hall–Kier alpha value is -1.37. The highest BCUT2D eigenvalue weighted by molar-refractivity contribution is 6.05. The number of Topliss-reactive ketones (excluding diaryl/α,β-unsaturated/α-hetero) is 1. The summed E-state index contributed by atoms with van der Waals surface area (Å²) in [6, 6.07) is 0. The molecule has 5 atom stereocenters. The highest BCUT2D eigenvalue weighted by Crippen LogP contribution is 2.54. The van der Waals surface area contributed by atoms with Crippen molar-refractivity contribution in [3.8, 4) is 0 Å². The highest BCUT2D eigenvalue weighted by atomic mass is 16.1. The van der Waals surface area contributed by atoms with Gasteiger partial charge in [-0.1, -0.05) is 57.2 Å². The lowest BCUT2D eigenvalue weighted by molar-refractivity contribution is -0.119. The molecule has 1 heteroatoms. The zero-order chi connectivity index (χ0) is 13.6. The molecule has 100 valence electrons. The predicted octanol–water partition coefficient (Wildman–Crippen LogP) is 4.09. The van der Waals surface area contributed by atoms with Crippen LogP contribution in [0, 0.1) is 29.6 Å². The molecule has 4 aliphatic rings. The lowest BCUT2D eigenvalue weighted by atomic mass is 9.84. The summed E-state index contributed by atoms with van der Waals surface area (Å²) in [4.78, 5) is 12.5. The predicted molar refractivity (Wildman–Crippen MR) is 78.5 cm³/mol. The molecule has 1 fully saturated rings. The van der Waals surface area contributed by atoms with E-state index in [1.165, 1.54) is 12.0 Å². The minimum absolute atomic E-state index is 0.272. The summed E-state index contributed by atoms with van der Waals surface area (Å²) in [7, 11) is 0. The normalized spacial score (nSPS) is 41.0. The molecule has 19 heavy (non-hydrogen) atoms. The second kappa shape index (κ2) is 4.63. The van der Waals surface area contributed by atoms with Crippen molar-refractivity contribution in [1.29, 1.82) is 0 Å². The van der Waals surface area contributed by atoms with E-state index >= 15 is 0 Å². The molecule has 4 aliphatic carbocycles. The van der Waals surface area contributed by atoms with Gasteiger partial charge in [-0.3, -0.25) is 4.79 Å². The van der Waals surface area contributed by atoms with Crippen molar-refractivity contribution in [3.63, 3.8) is 0 Å². The minimum Gasteiger partial charge on any atom is -0.294 e. The van der Waals surface area contributed by atoms with Gasteiger partial charge in [0, 0.05) is 11.5 Å². The van der Waals surface area contributed by atoms with E-state index in [1.54, 1.807) is 0 Å². The van der Waals surface area contributed by atoms with Crippen LogP contribution in [0.25, 0.3) is 0 Å². The molecular formula is C18H22O. The number of fused-ring (bicyclic) bond motifs is 5. The summed E-state index contributed by atoms with van der Waals surface area (Å²) >= 11 is 0. The van der Waals surface area contributed by atoms with Crippen molar-refractivity contribution >= 4 is 5.78 Å². The van der Waals surface area contributed by atoms with Crippen molar-refractivity contribution in [3.05, 3.63) is 47.6 Å². The molecule has 0 N–H and O–H groups in total. The Kier molecular flexibility index (Phi) is 3.08. The maximum absolute atomic E-state index is 12.5. The van der Waals surface area contributed by atoms with E-state index in [1.807, 2.05) is 13.8 Å². The number of hydrogen-bond acceptors (Lipinski definition) is 1. The molecule has 0 saturated heterocycles. The Morgan fingerprint density at radius 2 is 1.84 bits per heavy atom. The number of hydrogen-bond donors (Lipinski definition) is 0. The van der Waals surface area contributed by atoms with Crippen LogP contribution in [-0.2, 0) is 4.79 Å². The lowest BCUT2D eigenvalue weighted by Gasteiger charge is -2.18. The smallest absolute Gasteiger partial charge is 0.167 e. The van der Waals surface area contributed by atoms with Gasteiger partial charge in [0.1, 0.15) is 0 Å². The van der Waals surface area contributed by atoms with Crippen LogP contribution in [0.4, 0.5) is 0 Å². The van der Waals surface area contributed by atoms with Crippen LogP contribution in [0.1, 0.15) is 27.2 Å². The Labute approximate surface area is 115 Å². The van der Waals surface area contributed by atoms with Gasteiger partial charge in [-0.15, -0.1) is 0 Å². The average molecular weight is 254 g/mol. The Bertz CT molecular complexity index is 518. The van der Waals surface area contributed by atoms with Crippen LogP contribution in [0.3, 0.4) is 0 Å². The second-order valence-electron chi connectivity index (χ2n) is 5.79. The van der Waals surface area contributed by atoms with Crippen LogP contribution in [-0.4, -0.2) is 5.78 Å². The fraction of sp³-hybridized carbons (Fsp3) is 0.500. The molecule has 0 spiro atoms. The van der Waals surface area contributed by atoms with E-state index < -0.39 is 0 Å². The summed E-state index contributed by atoms with van der Waals surface area (Å²) < 4.78 is 0. The van der Waals surface area contributed by atoms with Gasteiger partial charge in [-0.05, 0) is 35.7 Å². The van der Waals surface area contributed by atoms with Crippen molar-refractivity contribution in [2.75, 3.05) is 0 Å². The van der Waals surface area contributed by atoms with Gasteiger partial charge in [0.05, 0.1) is 0 Å². The Balaban J connectivity index is 0.000000528. The van der Waals surface area contributed by atoms with Gasteiger partial charge in [0.15, 0.2) is 5.78 Å². The lowest BCUT2D eigenvalue weighted by Crippen LogP contribution is -2.21. The fourth-order valence-electron chi connectivity index (χ4n) is 4.07. The molecular weight excluding hydrogens is 232 g/mol. The summed E-state index contributed by atoms with van der Waals surface area (Å²) in [6.45, 7) is 6.17. The number of ketones is 1. The third-order valence-electron chi connectivity index (χ3n) is 4.92. The van der Waals surface area contributed by atoms with Crippen LogP contribution in [0.2, 0.25) is 0 Å². The van der Waals surface area contributed by atoms with Crippen LogP contribution in [0.15, 0.2) is 47.6 Å². The maximum atomic E-state index is 12.5. The molecule has 1 saturated carbocycles. The number of rotatable bonds is 1. The second-order valence-corrected chi connectivity index (χ2v) is 5.79. The molecule has 0 aliphatic heterocycles. The van der Waals surface area contributed by atoms with E-state index in [0.717, 1.165) is 5.57 Å². The molecule has 0 aromatic rings. The number of allylic oxidation sites excluding steroid dienone is 8. The van der Waals surface area contributed by atoms with E-state index in [4.69, 9.17) is 0 Å². The summed E-state index contributed by atoms with van der Waals surface area (Å²) in [5.41, 5.74) is 2.26. The molecule has 1 nitrogen and oxygen atoms in total. The Morgan fingerprint density at radius 3 is 2.47 bits per heavy atom. The highest BCUT2D eigenvalue weighted by Gasteiger charge is 2.51. The van der Waals surface area contributed by atoms with Gasteiger partial charge in [-0.25, -0.2) is 0 Å². The molecule has 5 unspecified atom stereocenters. The largest absolute Gasteiger partial charge is 0.294 e. The summed E-state index contributed by atoms with van der Waals surface area (Å²) in [5, 5.41) is 0. The molecule has 0 heterocycles. The molecule has 2 bridgehead atoms. The first kappa shape index (κ1) is 12.7. The quantitative estimate of drug-likeness (QED) is 0.644. The van der Waals surface area contributed by atoms with E-state index in [9.17, 15) is 4.79 Å². The van der Waals surface area contributed by atoms with Crippen molar-refractivity contribution in [2.45, 2.75) is 27.2 Å². The zero-order valence-electron chi connectivity index (χ0n) is 12.0. The summed E-state index contributed by atoms with van der Waals surface area (Å²) in [5.74, 6) is 2.76. The first-order valence-corrected chi connectivity index (χ1v) is 7.59. The molecule has 0 amide bonds. The number of carbonyl (C=O) groups is 1. The third-order valence-corrected chi connectivity index (χ3v) is 4.92. The van der Waals surface area contributed by atoms with Gasteiger partial charge >= 0.3 is 0 Å². The van der Waals surface area contributed by atoms with Crippen LogP contribution >= 0.6 is 0 Å². The SMILES string of the molecule is CC.CC1C=CC=C1C1=CC2C3C=CC(C3)C2C1=O. The van der Waals surface area contributed by atoms with E-state index in [0.29, 0.717) is 29.5 Å². The van der Waals surface area contributed by atoms with Crippen LogP contribution < -0.4 is 0 Å². The van der Waals surface area contributed by atoms with Gasteiger partial charge < -0.3 is 0 Å². The molecule has 4 rings (SSSR count). The molecule has 0 radical (unpaired) electrons. The monoisotopic (exact) mass is 254 g/mol. The molecule has 0 aromatic heterocycles. The maximum Gasteiger partial charge on any atom is 0.167 e. The van der Waals surface area contributed by atoms with Crippen molar-refractivity contribution < 1.29 is 4.79 Å². The first-order valence-electron chi connectivity index (χ1n) is 7.59. The minimum atomic E-state index is 0.272. The number of carbonyl (C=O) groups excluding carboxylic acids is 1. The van der Waals surface area contributed by atoms with Gasteiger partial charge in [-0.2, -0.15) is 0 Å². The van der Waals surface area contributed by atoms with Gasteiger partial charge in [0.25, 0.3) is 0 Å². The Morgan fingerprint density at radius 1 is 1.11 bits per heavy atom. The van der Waals surface area contributed by atoms with E-state index in [-0.39, 0.29) is 5.92 Å². The van der Waals surface area contributed by atoms with Crippen molar-refractivity contribution in [2.24, 2.45) is 29.6 Å². The average Bonchev–Trinajstić information content (AvgIpc) is 3.15. The zero-order valence-corrected chi connectivity index (χ0v) is 12.0. The topological polar surface area (TPSA) is 17.1 Å². The molecule has 0 aromatic carbocycles. The van der Waals surface area contributed by atoms with Crippen molar-refractivity contribution in [1.82, 2.24) is 0 Å². The van der Waals surface area contributed by atoms with Crippen LogP contribution in [0.5, 0.6) is 0 Å². The summed E-state index contributed by atoms with van der Waals surface area (Å²) in [6.07, 6.45) is 14.4. The van der Waals surface area contributed by atoms with Gasteiger partial charge in [0.2, 0.25) is 0 Å². The fourth-order valence-corrected chi connectivity index (χ4v) is 4.07. The standard InChI is InChI=1S/C16H16O.C2H6/c1-9-3-2-4-12(9)14-8-13-10-5-6-11(7-10)15(13)16(14)17;1-2/h2-6,8-11,13,15H,7H2,1H3;1-2H3. The third kappa shape index (κ3) is 1.71. The first-order chi connectivity index (χ1) is 9.25.